The van der Waals surface area contributed by atoms with Crippen LogP contribution in [0.5, 0.6) is 0 Å². The van der Waals surface area contributed by atoms with E-state index in [2.05, 4.69) is 9.98 Å². The molecular weight excluding hydrogens is 262 g/mol. The van der Waals surface area contributed by atoms with E-state index >= 15 is 0 Å². The third-order valence-electron chi connectivity index (χ3n) is 1.97. The summed E-state index contributed by atoms with van der Waals surface area (Å²) in [5, 5.41) is 6.04. The molecule has 0 amide bonds. The molecule has 0 aromatic heterocycles. The van der Waals surface area contributed by atoms with Gasteiger partial charge in [0, 0.05) is 12.1 Å². The fraction of sp³-hybridized carbons (Fsp3) is 0.600. The van der Waals surface area contributed by atoms with Gasteiger partial charge in [0.05, 0.1) is 6.54 Å². The van der Waals surface area contributed by atoms with Crippen LogP contribution in [0.15, 0.2) is 9.98 Å². The van der Waals surface area contributed by atoms with Crippen LogP contribution in [0.2, 0.25) is 0 Å². The molecule has 9 nitrogen and oxygen atoms in total. The zero-order valence-corrected chi connectivity index (χ0v) is 9.62. The molecule has 1 rings (SSSR count). The highest BCUT2D eigenvalue weighted by atomic mass is 31.2. The number of aliphatic imine (C=N–C) groups is 2. The molecule has 1 heterocycles. The van der Waals surface area contributed by atoms with Crippen LogP contribution in [0.25, 0.3) is 0 Å². The van der Waals surface area contributed by atoms with Gasteiger partial charge in [0.2, 0.25) is 0 Å². The zero-order valence-electron chi connectivity index (χ0n) is 7.83. The highest BCUT2D eigenvalue weighted by molar-refractivity contribution is 7.72. The molecule has 0 bridgehead atoms. The maximum atomic E-state index is 10.9. The Kier molecular flexibility index (Phi) is 3.52. The molecule has 0 fully saturated rings. The number of nitrogens with zero attached hydrogens (tertiary/aromatic N) is 2. The molecule has 0 aromatic carbocycles. The van der Waals surface area contributed by atoms with Crippen LogP contribution in [-0.4, -0.2) is 48.4 Å². The monoisotopic (exact) mass is 272 g/mol. The van der Waals surface area contributed by atoms with Crippen LogP contribution < -0.4 is 0 Å². The summed E-state index contributed by atoms with van der Waals surface area (Å²) in [6.45, 7) is -0.0533. The second-order valence-corrected chi connectivity index (χ2v) is 7.20. The summed E-state index contributed by atoms with van der Waals surface area (Å²) in [7, 11) is -10.8. The van der Waals surface area contributed by atoms with Crippen molar-refractivity contribution in [1.29, 1.82) is 0 Å². The molecule has 0 saturated carbocycles. The van der Waals surface area contributed by atoms with Crippen molar-refractivity contribution in [2.75, 3.05) is 6.54 Å². The quantitative estimate of drug-likeness (QED) is 0.404. The molecule has 1 aliphatic rings. The summed E-state index contributed by atoms with van der Waals surface area (Å²) in [5.41, 5.74) is -0.00542. The van der Waals surface area contributed by atoms with Gasteiger partial charge in [-0.3, -0.25) is 14.1 Å². The molecule has 0 atom stereocenters. The van der Waals surface area contributed by atoms with Gasteiger partial charge in [-0.25, -0.2) is 4.99 Å². The van der Waals surface area contributed by atoms with E-state index in [1.165, 1.54) is 0 Å². The van der Waals surface area contributed by atoms with E-state index in [9.17, 15) is 14.2 Å². The average Bonchev–Trinajstić information content (AvgIpc) is 2.52. The first-order valence-electron chi connectivity index (χ1n) is 3.95. The molecule has 1 aliphatic heterocycles. The summed E-state index contributed by atoms with van der Waals surface area (Å²) >= 11 is 0. The number of aliphatic hydroxyl groups is 1. The van der Waals surface area contributed by atoms with Gasteiger partial charge in [-0.15, -0.1) is 0 Å². The summed E-state index contributed by atoms with van der Waals surface area (Å²) in [5.74, 6) is 0. The van der Waals surface area contributed by atoms with Gasteiger partial charge < -0.3 is 24.7 Å². The highest BCUT2D eigenvalue weighted by Gasteiger charge is 2.59. The molecule has 92 valence electrons. The molecule has 0 aromatic rings. The first-order chi connectivity index (χ1) is 7.08. The number of rotatable bonds is 4. The molecule has 0 saturated heterocycles. The second kappa shape index (κ2) is 4.12. The van der Waals surface area contributed by atoms with Crippen molar-refractivity contribution in [3.8, 4) is 0 Å². The Balaban J connectivity index is 3.07. The molecule has 16 heavy (non-hydrogen) atoms. The van der Waals surface area contributed by atoms with Crippen molar-refractivity contribution in [3.63, 3.8) is 0 Å². The lowest BCUT2D eigenvalue weighted by molar-refractivity contribution is 0.136. The fourth-order valence-electron chi connectivity index (χ4n) is 1.06. The third-order valence-corrected chi connectivity index (χ3v) is 5.72. The molecule has 11 heteroatoms. The maximum Gasteiger partial charge on any atom is 0.369 e. The topological polar surface area (TPSA) is 160 Å². The van der Waals surface area contributed by atoms with E-state index in [0.717, 1.165) is 6.34 Å². The first-order valence-corrected chi connectivity index (χ1v) is 7.18. The van der Waals surface area contributed by atoms with Crippen molar-refractivity contribution in [2.24, 2.45) is 9.98 Å². The third kappa shape index (κ3) is 2.46. The van der Waals surface area contributed by atoms with Crippen LogP contribution in [0.3, 0.4) is 0 Å². The number of hydrogen-bond donors (Lipinski definition) is 5. The predicted octanol–water partition coefficient (Wildman–Crippen LogP) is -1.14. The van der Waals surface area contributed by atoms with Crippen LogP contribution in [0.4, 0.5) is 0 Å². The Labute approximate surface area is 89.9 Å². The SMILES string of the molecule is O=P(O)(O)C(O)(CC1=NC=NC1)P(=O)(O)O. The Morgan fingerprint density at radius 2 is 1.75 bits per heavy atom. The number of hydrogen-bond acceptors (Lipinski definition) is 5. The van der Waals surface area contributed by atoms with Gasteiger partial charge in [-0.05, 0) is 0 Å². The van der Waals surface area contributed by atoms with Gasteiger partial charge in [-0.2, -0.15) is 0 Å². The van der Waals surface area contributed by atoms with Gasteiger partial charge in [0.25, 0.3) is 5.08 Å². The normalized spacial score (nSPS) is 17.7. The fourth-order valence-corrected chi connectivity index (χ4v) is 3.20. The smallest absolute Gasteiger partial charge is 0.367 e. The van der Waals surface area contributed by atoms with Crippen LogP contribution in [0, 0.1) is 0 Å². The summed E-state index contributed by atoms with van der Waals surface area (Å²) in [6, 6.07) is 0. The summed E-state index contributed by atoms with van der Waals surface area (Å²) < 4.78 is 21.9. The van der Waals surface area contributed by atoms with E-state index in [4.69, 9.17) is 19.6 Å². The molecule has 0 radical (unpaired) electrons. The van der Waals surface area contributed by atoms with E-state index in [1.54, 1.807) is 0 Å². The lowest BCUT2D eigenvalue weighted by atomic mass is 10.3. The van der Waals surface area contributed by atoms with Gasteiger partial charge in [0.15, 0.2) is 0 Å². The molecule has 5 N–H and O–H groups in total. The zero-order chi connectivity index (χ0) is 12.6. The first kappa shape index (κ1) is 13.7. The van der Waals surface area contributed by atoms with E-state index < -0.39 is 26.7 Å². The molecule has 0 aliphatic carbocycles. The molecule has 0 unspecified atom stereocenters. The van der Waals surface area contributed by atoms with Crippen molar-refractivity contribution in [3.05, 3.63) is 0 Å². The minimum absolute atomic E-state index is 0.00542. The minimum atomic E-state index is -5.41. The molecular formula is C5H10N2O7P2. The van der Waals surface area contributed by atoms with Gasteiger partial charge in [-0.1, -0.05) is 0 Å². The second-order valence-electron chi connectivity index (χ2n) is 3.19. The van der Waals surface area contributed by atoms with Crippen LogP contribution in [0.1, 0.15) is 6.42 Å². The maximum absolute atomic E-state index is 10.9. The predicted molar refractivity (Wildman–Crippen MR) is 54.4 cm³/mol. The summed E-state index contributed by atoms with van der Waals surface area (Å²) in [6.07, 6.45) is 0.149. The summed E-state index contributed by atoms with van der Waals surface area (Å²) in [4.78, 5) is 42.3. The Morgan fingerprint density at radius 3 is 2.06 bits per heavy atom. The van der Waals surface area contributed by atoms with Crippen LogP contribution >= 0.6 is 15.2 Å². The lowest BCUT2D eigenvalue weighted by Gasteiger charge is -2.28. The van der Waals surface area contributed by atoms with E-state index in [1.807, 2.05) is 0 Å². The average molecular weight is 272 g/mol. The Morgan fingerprint density at radius 1 is 1.25 bits per heavy atom. The van der Waals surface area contributed by atoms with Gasteiger partial charge >= 0.3 is 15.2 Å². The largest absolute Gasteiger partial charge is 0.369 e. The molecule has 0 spiro atoms. The minimum Gasteiger partial charge on any atom is -0.367 e. The highest BCUT2D eigenvalue weighted by Crippen LogP contribution is 2.69. The van der Waals surface area contributed by atoms with Crippen LogP contribution in [-0.2, 0) is 9.13 Å². The lowest BCUT2D eigenvalue weighted by Crippen LogP contribution is -2.32. The Hall–Kier alpha value is -0.400. The Bertz CT molecular complexity index is 410. The van der Waals surface area contributed by atoms with Crippen molar-refractivity contribution < 1.29 is 33.8 Å². The van der Waals surface area contributed by atoms with Crippen molar-refractivity contribution >= 4 is 27.2 Å². The standard InChI is InChI=1S/C5H10N2O7P2/c8-5(15(9,10)11,16(12,13)14)1-4-2-6-3-7-4/h3,8H,1-2H2,(H2,9,10,11)(H2,12,13,14). The van der Waals surface area contributed by atoms with Crippen molar-refractivity contribution in [2.45, 2.75) is 11.5 Å². The van der Waals surface area contributed by atoms with E-state index in [0.29, 0.717) is 0 Å². The van der Waals surface area contributed by atoms with Gasteiger partial charge in [0.1, 0.15) is 6.34 Å². The van der Waals surface area contributed by atoms with Crippen molar-refractivity contribution in [1.82, 2.24) is 0 Å². The van der Waals surface area contributed by atoms with E-state index in [-0.39, 0.29) is 12.3 Å².